The van der Waals surface area contributed by atoms with E-state index >= 15 is 0 Å². The lowest BCUT2D eigenvalue weighted by atomic mass is 10.1. The van der Waals surface area contributed by atoms with Crippen LogP contribution in [0.2, 0.25) is 0 Å². The van der Waals surface area contributed by atoms with E-state index in [1.807, 2.05) is 13.0 Å². The van der Waals surface area contributed by atoms with Crippen LogP contribution in [0, 0.1) is 0 Å². The molecule has 1 nitrogen and oxygen atoms in total. The molecule has 0 rings (SSSR count). The first kappa shape index (κ1) is 10.3. The molecule has 0 aromatic carbocycles. The van der Waals surface area contributed by atoms with Crippen molar-refractivity contribution in [3.8, 4) is 0 Å². The zero-order valence-electron chi connectivity index (χ0n) is 7.72. The van der Waals surface area contributed by atoms with Crippen LogP contribution in [0.3, 0.4) is 0 Å². The van der Waals surface area contributed by atoms with Gasteiger partial charge in [0.2, 0.25) is 0 Å². The summed E-state index contributed by atoms with van der Waals surface area (Å²) in [4.78, 5) is 0. The van der Waals surface area contributed by atoms with Gasteiger partial charge in [-0.15, -0.1) is 0 Å². The summed E-state index contributed by atoms with van der Waals surface area (Å²) in [7, 11) is 0. The largest absolute Gasteiger partial charge is 0.512 e. The average Bonchev–Trinajstić information content (AvgIpc) is 2.03. The van der Waals surface area contributed by atoms with Gasteiger partial charge in [0.05, 0.1) is 5.76 Å². The van der Waals surface area contributed by atoms with Crippen LogP contribution < -0.4 is 0 Å². The van der Waals surface area contributed by atoms with Gasteiger partial charge in [-0.3, -0.25) is 0 Å². The van der Waals surface area contributed by atoms with Crippen LogP contribution in [0.4, 0.5) is 0 Å². The minimum atomic E-state index is 0.525. The first-order chi connectivity index (χ1) is 5.22. The Bertz CT molecular complexity index is 154. The highest BCUT2D eigenvalue weighted by Gasteiger charge is 1.93. The van der Waals surface area contributed by atoms with Gasteiger partial charge >= 0.3 is 0 Å². The van der Waals surface area contributed by atoms with Crippen LogP contribution in [0.5, 0.6) is 0 Å². The van der Waals surface area contributed by atoms with Gasteiger partial charge in [0.1, 0.15) is 0 Å². The summed E-state index contributed by atoms with van der Waals surface area (Å²) in [6.45, 7) is 6.11. The number of rotatable bonds is 4. The van der Waals surface area contributed by atoms with Crippen molar-refractivity contribution in [3.63, 3.8) is 0 Å². The van der Waals surface area contributed by atoms with E-state index in [2.05, 4.69) is 19.9 Å². The zero-order chi connectivity index (χ0) is 8.69. The lowest BCUT2D eigenvalue weighted by Gasteiger charge is -1.99. The van der Waals surface area contributed by atoms with E-state index in [1.54, 1.807) is 0 Å². The maximum atomic E-state index is 9.37. The Hall–Kier alpha value is -0.720. The molecule has 0 spiro atoms. The second kappa shape index (κ2) is 6.02. The quantitative estimate of drug-likeness (QED) is 0.484. The van der Waals surface area contributed by atoms with Gasteiger partial charge in [0.25, 0.3) is 0 Å². The van der Waals surface area contributed by atoms with Crippen LogP contribution in [-0.2, 0) is 0 Å². The zero-order valence-corrected chi connectivity index (χ0v) is 7.72. The predicted octanol–water partition coefficient (Wildman–Crippen LogP) is 3.58. The Kier molecular flexibility index (Phi) is 5.63. The topological polar surface area (TPSA) is 20.2 Å². The Morgan fingerprint density at radius 3 is 2.36 bits per heavy atom. The van der Waals surface area contributed by atoms with E-state index < -0.39 is 0 Å². The number of aliphatic hydroxyl groups is 1. The predicted molar refractivity (Wildman–Crippen MR) is 49.7 cm³/mol. The highest BCUT2D eigenvalue weighted by Crippen LogP contribution is 2.08. The van der Waals surface area contributed by atoms with Crippen LogP contribution >= 0.6 is 0 Å². The van der Waals surface area contributed by atoms with Crippen molar-refractivity contribution in [1.29, 1.82) is 0 Å². The standard InChI is InChI=1S/C10H18O/c1-4-6-7-8-10(11)9(3)5-2/h6-7,11H,4-5,8H2,1-3H3/b7-6-,10-9-. The van der Waals surface area contributed by atoms with Crippen LogP contribution in [0.15, 0.2) is 23.5 Å². The van der Waals surface area contributed by atoms with Crippen molar-refractivity contribution < 1.29 is 5.11 Å². The summed E-state index contributed by atoms with van der Waals surface area (Å²) >= 11 is 0. The van der Waals surface area contributed by atoms with Gasteiger partial charge in [0.15, 0.2) is 0 Å². The summed E-state index contributed by atoms with van der Waals surface area (Å²) in [5, 5.41) is 9.37. The molecule has 0 atom stereocenters. The van der Waals surface area contributed by atoms with Gasteiger partial charge < -0.3 is 5.11 Å². The highest BCUT2D eigenvalue weighted by atomic mass is 16.3. The average molecular weight is 154 g/mol. The van der Waals surface area contributed by atoms with E-state index in [-0.39, 0.29) is 0 Å². The monoisotopic (exact) mass is 154 g/mol. The molecule has 0 aromatic heterocycles. The fourth-order valence-corrected chi connectivity index (χ4v) is 0.740. The van der Waals surface area contributed by atoms with Gasteiger partial charge in [-0.2, -0.15) is 0 Å². The molecule has 64 valence electrons. The number of aliphatic hydroxyl groups excluding tert-OH is 1. The third-order valence-corrected chi connectivity index (χ3v) is 1.74. The molecule has 0 aliphatic heterocycles. The molecule has 1 heteroatoms. The third-order valence-electron chi connectivity index (χ3n) is 1.74. The van der Waals surface area contributed by atoms with E-state index in [0.717, 1.165) is 18.4 Å². The fourth-order valence-electron chi connectivity index (χ4n) is 0.740. The molecule has 0 saturated carbocycles. The summed E-state index contributed by atoms with van der Waals surface area (Å²) < 4.78 is 0. The van der Waals surface area contributed by atoms with Crippen LogP contribution in [0.25, 0.3) is 0 Å². The molecule has 0 bridgehead atoms. The molecule has 0 aliphatic rings. The van der Waals surface area contributed by atoms with Gasteiger partial charge in [-0.25, -0.2) is 0 Å². The third kappa shape index (κ3) is 4.65. The molecule has 0 amide bonds. The lowest BCUT2D eigenvalue weighted by Crippen LogP contribution is -1.84. The minimum Gasteiger partial charge on any atom is -0.512 e. The number of allylic oxidation sites excluding steroid dienone is 3. The molecule has 0 unspecified atom stereocenters. The smallest absolute Gasteiger partial charge is 0.0949 e. The molecule has 0 saturated heterocycles. The van der Waals surface area contributed by atoms with Gasteiger partial charge in [0, 0.05) is 6.42 Å². The lowest BCUT2D eigenvalue weighted by molar-refractivity contribution is 0.392. The number of hydrogen-bond donors (Lipinski definition) is 1. The summed E-state index contributed by atoms with van der Waals surface area (Å²) in [6.07, 6.45) is 6.74. The minimum absolute atomic E-state index is 0.525. The van der Waals surface area contributed by atoms with Crippen LogP contribution in [0.1, 0.15) is 40.0 Å². The number of hydrogen-bond acceptors (Lipinski definition) is 1. The van der Waals surface area contributed by atoms with Crippen molar-refractivity contribution in [2.24, 2.45) is 0 Å². The van der Waals surface area contributed by atoms with E-state index in [9.17, 15) is 5.11 Å². The van der Waals surface area contributed by atoms with E-state index in [0.29, 0.717) is 12.2 Å². The molecule has 0 radical (unpaired) electrons. The second-order valence-corrected chi connectivity index (χ2v) is 2.66. The second-order valence-electron chi connectivity index (χ2n) is 2.66. The Morgan fingerprint density at radius 1 is 1.27 bits per heavy atom. The molecule has 1 N–H and O–H groups in total. The summed E-state index contributed by atoms with van der Waals surface area (Å²) in [5.74, 6) is 0.525. The molecule has 11 heavy (non-hydrogen) atoms. The van der Waals surface area contributed by atoms with Crippen LogP contribution in [-0.4, -0.2) is 5.11 Å². The first-order valence-electron chi connectivity index (χ1n) is 4.24. The maximum absolute atomic E-state index is 9.37. The Balaban J connectivity index is 3.85. The van der Waals surface area contributed by atoms with Crippen molar-refractivity contribution in [1.82, 2.24) is 0 Å². The molecular weight excluding hydrogens is 136 g/mol. The van der Waals surface area contributed by atoms with E-state index in [4.69, 9.17) is 0 Å². The Labute approximate surface area is 69.4 Å². The van der Waals surface area contributed by atoms with Crippen molar-refractivity contribution in [2.75, 3.05) is 0 Å². The molecule has 0 heterocycles. The Morgan fingerprint density at radius 2 is 1.91 bits per heavy atom. The van der Waals surface area contributed by atoms with E-state index in [1.165, 1.54) is 0 Å². The fraction of sp³-hybridized carbons (Fsp3) is 0.600. The summed E-state index contributed by atoms with van der Waals surface area (Å²) in [5.41, 5.74) is 1.09. The highest BCUT2D eigenvalue weighted by molar-refractivity contribution is 5.07. The van der Waals surface area contributed by atoms with Gasteiger partial charge in [-0.05, 0) is 25.3 Å². The van der Waals surface area contributed by atoms with Crippen molar-refractivity contribution in [2.45, 2.75) is 40.0 Å². The van der Waals surface area contributed by atoms with Gasteiger partial charge in [-0.1, -0.05) is 26.0 Å². The summed E-state index contributed by atoms with van der Waals surface area (Å²) in [6, 6.07) is 0. The maximum Gasteiger partial charge on any atom is 0.0949 e. The molecule has 0 fully saturated rings. The molecule has 0 aromatic rings. The SMILES string of the molecule is CC/C=C\C/C(O)=C(\C)CC. The normalized spacial score (nSPS) is 13.7. The molecule has 0 aliphatic carbocycles. The van der Waals surface area contributed by atoms with Crippen molar-refractivity contribution in [3.05, 3.63) is 23.5 Å². The molecular formula is C10H18O. The van der Waals surface area contributed by atoms with Crippen molar-refractivity contribution >= 4 is 0 Å². The first-order valence-corrected chi connectivity index (χ1v) is 4.24.